The normalized spacial score (nSPS) is 20.4. The van der Waals surface area contributed by atoms with Crippen LogP contribution in [0.3, 0.4) is 0 Å². The smallest absolute Gasteiger partial charge is 0.275 e. The fourth-order valence-corrected chi connectivity index (χ4v) is 5.94. The highest BCUT2D eigenvalue weighted by molar-refractivity contribution is 5.95. The largest absolute Gasteiger partial charge is 0.377 e. The van der Waals surface area contributed by atoms with Crippen LogP contribution in [0.25, 0.3) is 11.1 Å². The average Bonchev–Trinajstić information content (AvgIpc) is 2.93. The van der Waals surface area contributed by atoms with Gasteiger partial charge in [0, 0.05) is 6.04 Å². The summed E-state index contributed by atoms with van der Waals surface area (Å²) in [7, 11) is 0. The van der Waals surface area contributed by atoms with Gasteiger partial charge in [-0.2, -0.15) is 0 Å². The lowest BCUT2D eigenvalue weighted by molar-refractivity contribution is -0.131. The van der Waals surface area contributed by atoms with Crippen molar-refractivity contribution in [2.45, 2.75) is 84.3 Å². The quantitative estimate of drug-likeness (QED) is 0.260. The van der Waals surface area contributed by atoms with Crippen molar-refractivity contribution in [3.63, 3.8) is 0 Å². The first-order valence-corrected chi connectivity index (χ1v) is 14.7. The molecule has 1 amide bonds. The number of aldehydes is 1. The number of ether oxygens (including phenoxy) is 1. The molecule has 2 aromatic carbocycles. The molecule has 1 aliphatic carbocycles. The third-order valence-electron chi connectivity index (χ3n) is 8.57. The van der Waals surface area contributed by atoms with E-state index in [-0.39, 0.29) is 30.6 Å². The van der Waals surface area contributed by atoms with E-state index in [9.17, 15) is 9.59 Å². The summed E-state index contributed by atoms with van der Waals surface area (Å²) < 4.78 is 5.74. The predicted octanol–water partition coefficient (Wildman–Crippen LogP) is 6.48. The molecule has 2 aromatic rings. The number of rotatable bonds is 11. The number of carbonyl (C=O) groups excluding carboxylic acids is 2. The van der Waals surface area contributed by atoms with E-state index in [0.29, 0.717) is 30.6 Å². The second-order valence-electron chi connectivity index (χ2n) is 11.2. The van der Waals surface area contributed by atoms with Crippen molar-refractivity contribution in [2.75, 3.05) is 19.8 Å². The highest BCUT2D eigenvalue weighted by atomic mass is 16.5. The van der Waals surface area contributed by atoms with E-state index >= 15 is 0 Å². The Hall–Kier alpha value is -3.38. The molecule has 214 valence electrons. The molecule has 3 unspecified atom stereocenters. The molecule has 40 heavy (non-hydrogen) atoms. The molecule has 0 bridgehead atoms. The molecule has 0 spiro atoms. The molecule has 1 heterocycles. The zero-order chi connectivity index (χ0) is 28.8. The summed E-state index contributed by atoms with van der Waals surface area (Å²) in [6.07, 6.45) is 7.22. The number of carbonyl (C=O) groups is 2. The highest BCUT2D eigenvalue weighted by Crippen LogP contribution is 2.42. The van der Waals surface area contributed by atoms with Crippen LogP contribution in [0.1, 0.15) is 82.0 Å². The molecule has 0 radical (unpaired) electrons. The minimum atomic E-state index is -0.261. The Kier molecular flexibility index (Phi) is 9.85. The Labute approximate surface area is 240 Å². The van der Waals surface area contributed by atoms with Gasteiger partial charge in [-0.25, -0.2) is 0 Å². The number of aryl methyl sites for hydroxylation is 1. The monoisotopic (exact) mass is 543 g/mol. The van der Waals surface area contributed by atoms with Crippen LogP contribution >= 0.6 is 0 Å². The predicted molar refractivity (Wildman–Crippen MR) is 162 cm³/mol. The topological polar surface area (TPSA) is 61.9 Å². The fourth-order valence-electron chi connectivity index (χ4n) is 5.94. The summed E-state index contributed by atoms with van der Waals surface area (Å²) in [6, 6.07) is 15.4. The van der Waals surface area contributed by atoms with Gasteiger partial charge < -0.3 is 19.7 Å². The number of hydrogen-bond acceptors (Lipinski definition) is 5. The highest BCUT2D eigenvalue weighted by Gasteiger charge is 2.33. The molecular formula is C34H45N3O3. The van der Waals surface area contributed by atoms with Crippen molar-refractivity contribution in [3.8, 4) is 11.1 Å². The minimum absolute atomic E-state index is 0.0573. The van der Waals surface area contributed by atoms with Gasteiger partial charge in [-0.15, -0.1) is 0 Å². The molecule has 1 saturated heterocycles. The first kappa shape index (κ1) is 29.6. The van der Waals surface area contributed by atoms with Crippen LogP contribution in [-0.2, 0) is 14.3 Å². The molecule has 4 rings (SSSR count). The zero-order valence-electron chi connectivity index (χ0n) is 24.8. The van der Waals surface area contributed by atoms with E-state index in [1.165, 1.54) is 46.4 Å². The maximum absolute atomic E-state index is 13.8. The average molecular weight is 544 g/mol. The fraction of sp³-hybridized carbons (Fsp3) is 0.471. The van der Waals surface area contributed by atoms with Gasteiger partial charge >= 0.3 is 0 Å². The summed E-state index contributed by atoms with van der Waals surface area (Å²) in [5.41, 5.74) is 6.77. The molecular weight excluding hydrogens is 498 g/mol. The molecule has 1 N–H and O–H groups in total. The molecule has 2 fully saturated rings. The van der Waals surface area contributed by atoms with Crippen LogP contribution in [0, 0.1) is 6.92 Å². The maximum atomic E-state index is 13.8. The number of nitrogens with one attached hydrogen (secondary N) is 1. The van der Waals surface area contributed by atoms with Crippen LogP contribution < -0.4 is 5.32 Å². The molecule has 2 aliphatic rings. The van der Waals surface area contributed by atoms with Crippen molar-refractivity contribution in [3.05, 3.63) is 83.3 Å². The van der Waals surface area contributed by atoms with Crippen LogP contribution in [0.2, 0.25) is 0 Å². The number of nitrogens with zero attached hydrogens (tertiary/aromatic N) is 2. The Morgan fingerprint density at radius 2 is 1.95 bits per heavy atom. The molecule has 6 nitrogen and oxygen atoms in total. The second-order valence-corrected chi connectivity index (χ2v) is 11.2. The number of allylic oxidation sites excluding steroid dienone is 1. The first-order chi connectivity index (χ1) is 19.3. The van der Waals surface area contributed by atoms with Crippen molar-refractivity contribution < 1.29 is 14.3 Å². The van der Waals surface area contributed by atoms with Crippen molar-refractivity contribution in [2.24, 2.45) is 0 Å². The van der Waals surface area contributed by atoms with E-state index in [0.717, 1.165) is 18.3 Å². The van der Waals surface area contributed by atoms with E-state index in [2.05, 4.69) is 87.0 Å². The summed E-state index contributed by atoms with van der Waals surface area (Å²) in [5.74, 6) is 0.918. The van der Waals surface area contributed by atoms with Crippen LogP contribution in [-0.4, -0.2) is 53.8 Å². The van der Waals surface area contributed by atoms with Crippen LogP contribution in [0.5, 0.6) is 0 Å². The molecule has 1 saturated carbocycles. The van der Waals surface area contributed by atoms with Gasteiger partial charge in [0.1, 0.15) is 12.1 Å². The van der Waals surface area contributed by atoms with E-state index < -0.39 is 0 Å². The van der Waals surface area contributed by atoms with Crippen molar-refractivity contribution in [1.29, 1.82) is 0 Å². The maximum Gasteiger partial charge on any atom is 0.275 e. The number of amides is 1. The molecule has 6 heteroatoms. The SMILES string of the molecule is C=C(N(CC=O)C(=O)/C(=C\C)NC(C)c1ccc(C)c(-c2ccccc2C2CCC2)c1)N1C(C)COCC1CC. The Morgan fingerprint density at radius 3 is 2.60 bits per heavy atom. The third-order valence-corrected chi connectivity index (χ3v) is 8.57. The van der Waals surface area contributed by atoms with Crippen molar-refractivity contribution in [1.82, 2.24) is 15.1 Å². The Morgan fingerprint density at radius 1 is 1.20 bits per heavy atom. The zero-order valence-corrected chi connectivity index (χ0v) is 24.8. The third kappa shape index (κ3) is 6.17. The number of morpholine rings is 1. The van der Waals surface area contributed by atoms with Gasteiger partial charge in [0.2, 0.25) is 0 Å². The summed E-state index contributed by atoms with van der Waals surface area (Å²) in [5, 5.41) is 3.44. The first-order valence-electron chi connectivity index (χ1n) is 14.7. The summed E-state index contributed by atoms with van der Waals surface area (Å²) >= 11 is 0. The lowest BCUT2D eigenvalue weighted by Gasteiger charge is -2.45. The minimum Gasteiger partial charge on any atom is -0.377 e. The van der Waals surface area contributed by atoms with Crippen molar-refractivity contribution >= 4 is 12.2 Å². The van der Waals surface area contributed by atoms with Gasteiger partial charge in [-0.1, -0.05) is 62.4 Å². The standard InChI is InChI=1S/C34H45N3O3/c1-7-29-22-40-21-24(4)37(29)26(6)36(18-19-38)34(39)33(8-2)35-25(5)28-17-16-23(3)32(20-28)31-15-10-9-14-30(31)27-12-11-13-27/h8-10,14-17,19-20,24-25,27,29,35H,6-7,11-13,18,21-22H2,1-5H3/b33-8+. The Bertz CT molecular complexity index is 1250. The number of hydrogen-bond donors (Lipinski definition) is 1. The van der Waals surface area contributed by atoms with Gasteiger partial charge in [0.15, 0.2) is 0 Å². The molecule has 1 aliphatic heterocycles. The van der Waals surface area contributed by atoms with E-state index in [1.54, 1.807) is 6.08 Å². The van der Waals surface area contributed by atoms with Gasteiger partial charge in [-0.05, 0) is 86.8 Å². The van der Waals surface area contributed by atoms with E-state index in [4.69, 9.17) is 4.74 Å². The van der Waals surface area contributed by atoms with Gasteiger partial charge in [-0.3, -0.25) is 9.69 Å². The lowest BCUT2D eigenvalue weighted by Crippen LogP contribution is -2.54. The summed E-state index contributed by atoms with van der Waals surface area (Å²) in [6.45, 7) is 15.6. The van der Waals surface area contributed by atoms with E-state index in [1.807, 2.05) is 6.92 Å². The second kappa shape index (κ2) is 13.3. The van der Waals surface area contributed by atoms with Gasteiger partial charge in [0.25, 0.3) is 5.91 Å². The van der Waals surface area contributed by atoms with Crippen LogP contribution in [0.4, 0.5) is 0 Å². The lowest BCUT2D eigenvalue weighted by atomic mass is 9.76. The number of benzene rings is 2. The van der Waals surface area contributed by atoms with Gasteiger partial charge in [0.05, 0.1) is 37.5 Å². The summed E-state index contributed by atoms with van der Waals surface area (Å²) in [4.78, 5) is 29.1. The Balaban J connectivity index is 1.56. The molecule has 3 atom stereocenters. The van der Waals surface area contributed by atoms with Crippen LogP contribution in [0.15, 0.2) is 66.6 Å². The molecule has 0 aromatic heterocycles.